The van der Waals surface area contributed by atoms with E-state index in [-0.39, 0.29) is 11.8 Å². The van der Waals surface area contributed by atoms with E-state index >= 15 is 0 Å². The normalized spacial score (nSPS) is 13.7. The molecule has 0 unspecified atom stereocenters. The van der Waals surface area contributed by atoms with Gasteiger partial charge in [-0.2, -0.15) is 0 Å². The topological polar surface area (TPSA) is 52.6 Å². The average molecular weight is 504 g/mol. The van der Waals surface area contributed by atoms with Crippen molar-refractivity contribution in [3.05, 3.63) is 114 Å². The zero-order valence-corrected chi connectivity index (χ0v) is 21.9. The van der Waals surface area contributed by atoms with Crippen molar-refractivity contribution in [1.82, 2.24) is 0 Å². The predicted molar refractivity (Wildman–Crippen MR) is 156 cm³/mol. The van der Waals surface area contributed by atoms with Crippen molar-refractivity contribution in [2.24, 2.45) is 5.92 Å². The van der Waals surface area contributed by atoms with E-state index in [1.54, 1.807) is 29.2 Å². The number of hydrogen-bond donors (Lipinski definition) is 1. The second-order valence-corrected chi connectivity index (χ2v) is 9.97. The number of carbonyl (C=O) groups excluding carboxylic acids is 2. The second-order valence-electron chi connectivity index (χ2n) is 9.97. The van der Waals surface area contributed by atoms with Crippen LogP contribution in [-0.2, 0) is 0 Å². The molecule has 1 fully saturated rings. The lowest BCUT2D eigenvalue weighted by Crippen LogP contribution is -2.35. The van der Waals surface area contributed by atoms with Crippen molar-refractivity contribution >= 4 is 28.9 Å². The van der Waals surface area contributed by atoms with Crippen LogP contribution in [0.15, 0.2) is 103 Å². The highest BCUT2D eigenvalue weighted by Crippen LogP contribution is 2.32. The summed E-state index contributed by atoms with van der Waals surface area (Å²) in [5.74, 6) is 0.462. The fourth-order valence-corrected chi connectivity index (χ4v) is 5.01. The van der Waals surface area contributed by atoms with Crippen LogP contribution in [0.4, 0.5) is 17.1 Å². The van der Waals surface area contributed by atoms with Crippen LogP contribution >= 0.6 is 0 Å². The van der Waals surface area contributed by atoms with Gasteiger partial charge in [-0.25, -0.2) is 0 Å². The molecule has 0 radical (unpaired) electrons. The van der Waals surface area contributed by atoms with Gasteiger partial charge in [0.05, 0.1) is 11.4 Å². The molecule has 0 atom stereocenters. The summed E-state index contributed by atoms with van der Waals surface area (Å²) < 4.78 is 0. The predicted octanol–water partition coefficient (Wildman–Crippen LogP) is 7.12. The van der Waals surface area contributed by atoms with Crippen LogP contribution in [0.2, 0.25) is 0 Å². The van der Waals surface area contributed by atoms with Crippen LogP contribution in [-0.4, -0.2) is 32.0 Å². The van der Waals surface area contributed by atoms with Crippen molar-refractivity contribution in [3.8, 4) is 11.1 Å². The molecule has 192 valence electrons. The molecule has 1 aliphatic rings. The Bertz CT molecular complexity index is 1410. The maximum absolute atomic E-state index is 13.4. The summed E-state index contributed by atoms with van der Waals surface area (Å²) in [4.78, 5) is 30.6. The Balaban J connectivity index is 1.30. The molecule has 0 bridgehead atoms. The van der Waals surface area contributed by atoms with Crippen molar-refractivity contribution in [2.75, 3.05) is 35.3 Å². The monoisotopic (exact) mass is 503 g/mol. The molecule has 0 saturated carbocycles. The summed E-state index contributed by atoms with van der Waals surface area (Å²) in [5, 5.41) is 2.98. The zero-order valence-electron chi connectivity index (χ0n) is 21.9. The van der Waals surface area contributed by atoms with Crippen LogP contribution in [0.1, 0.15) is 40.5 Å². The van der Waals surface area contributed by atoms with Gasteiger partial charge in [-0.05, 0) is 72.4 Å². The molecule has 1 heterocycles. The summed E-state index contributed by atoms with van der Waals surface area (Å²) in [6.07, 6.45) is 2.32. The number of nitrogens with one attached hydrogen (secondary N) is 1. The van der Waals surface area contributed by atoms with Crippen LogP contribution < -0.4 is 15.1 Å². The molecule has 5 rings (SSSR count). The van der Waals surface area contributed by atoms with Gasteiger partial charge in [-0.15, -0.1) is 0 Å². The highest BCUT2D eigenvalue weighted by atomic mass is 16.2. The van der Waals surface area contributed by atoms with Gasteiger partial charge in [0.2, 0.25) is 0 Å². The number of carbonyl (C=O) groups is 2. The lowest BCUT2D eigenvalue weighted by atomic mass is 9.98. The highest BCUT2D eigenvalue weighted by Gasteiger charge is 2.22. The lowest BCUT2D eigenvalue weighted by Gasteiger charge is -2.34. The highest BCUT2D eigenvalue weighted by molar-refractivity contribution is 6.10. The van der Waals surface area contributed by atoms with Crippen molar-refractivity contribution in [3.63, 3.8) is 0 Å². The van der Waals surface area contributed by atoms with Gasteiger partial charge in [0.15, 0.2) is 0 Å². The maximum atomic E-state index is 13.4. The molecule has 4 aromatic rings. The van der Waals surface area contributed by atoms with Crippen molar-refractivity contribution in [2.45, 2.75) is 19.8 Å². The van der Waals surface area contributed by atoms with E-state index in [0.717, 1.165) is 54.4 Å². The summed E-state index contributed by atoms with van der Waals surface area (Å²) >= 11 is 0. The number of amides is 2. The summed E-state index contributed by atoms with van der Waals surface area (Å²) in [5.41, 5.74) is 5.67. The van der Waals surface area contributed by atoms with Crippen LogP contribution in [0.3, 0.4) is 0 Å². The van der Waals surface area contributed by atoms with Gasteiger partial charge in [0.25, 0.3) is 11.8 Å². The summed E-state index contributed by atoms with van der Waals surface area (Å²) in [7, 11) is 1.82. The number of rotatable bonds is 6. The van der Waals surface area contributed by atoms with E-state index in [4.69, 9.17) is 0 Å². The molecule has 1 aliphatic heterocycles. The van der Waals surface area contributed by atoms with Crippen LogP contribution in [0, 0.1) is 5.92 Å². The number of hydrogen-bond acceptors (Lipinski definition) is 3. The van der Waals surface area contributed by atoms with E-state index in [9.17, 15) is 9.59 Å². The maximum Gasteiger partial charge on any atom is 0.258 e. The number of para-hydroxylation sites is 2. The average Bonchev–Trinajstić information content (AvgIpc) is 2.97. The Hall–Kier alpha value is -4.38. The van der Waals surface area contributed by atoms with Crippen LogP contribution in [0.25, 0.3) is 11.1 Å². The first-order chi connectivity index (χ1) is 18.5. The Morgan fingerprint density at radius 1 is 0.789 bits per heavy atom. The van der Waals surface area contributed by atoms with Gasteiger partial charge < -0.3 is 15.1 Å². The Labute approximate surface area is 224 Å². The Morgan fingerprint density at radius 3 is 2.16 bits per heavy atom. The standard InChI is InChI=1S/C33H33N3O2/c1-24-20-22-36(23-21-24)31-15-9-8-14-30(31)35(2)33(38)26-16-18-27(19-17-26)34-32(37)29-13-7-6-12-28(29)25-10-4-3-5-11-25/h3-19,24H,20-23H2,1-2H3,(H,34,37). The number of anilines is 3. The molecular weight excluding hydrogens is 470 g/mol. The van der Waals surface area contributed by atoms with Gasteiger partial charge in [0.1, 0.15) is 0 Å². The molecule has 0 spiro atoms. The fraction of sp³-hybridized carbons (Fsp3) is 0.212. The molecule has 5 nitrogen and oxygen atoms in total. The Morgan fingerprint density at radius 2 is 1.42 bits per heavy atom. The minimum atomic E-state index is -0.189. The molecule has 5 heteroatoms. The van der Waals surface area contributed by atoms with E-state index in [1.165, 1.54) is 0 Å². The second kappa shape index (κ2) is 11.3. The third kappa shape index (κ3) is 5.47. The molecule has 1 saturated heterocycles. The quantitative estimate of drug-likeness (QED) is 0.305. The molecule has 0 aromatic heterocycles. The molecule has 2 amide bonds. The third-order valence-electron chi connectivity index (χ3n) is 7.32. The van der Waals surface area contributed by atoms with Crippen molar-refractivity contribution in [1.29, 1.82) is 0 Å². The molecular formula is C33H33N3O2. The van der Waals surface area contributed by atoms with E-state index in [2.05, 4.69) is 23.2 Å². The van der Waals surface area contributed by atoms with Gasteiger partial charge in [0, 0.05) is 37.0 Å². The largest absolute Gasteiger partial charge is 0.370 e. The van der Waals surface area contributed by atoms with E-state index in [0.29, 0.717) is 16.8 Å². The zero-order chi connectivity index (χ0) is 26.5. The van der Waals surface area contributed by atoms with Gasteiger partial charge in [-0.3, -0.25) is 9.59 Å². The number of benzene rings is 4. The summed E-state index contributed by atoms with van der Waals surface area (Å²) in [6, 6.07) is 32.6. The third-order valence-corrected chi connectivity index (χ3v) is 7.32. The Kier molecular flexibility index (Phi) is 7.55. The minimum Gasteiger partial charge on any atom is -0.370 e. The molecule has 38 heavy (non-hydrogen) atoms. The van der Waals surface area contributed by atoms with Crippen LogP contribution in [0.5, 0.6) is 0 Å². The van der Waals surface area contributed by atoms with E-state index < -0.39 is 0 Å². The minimum absolute atomic E-state index is 0.0878. The smallest absolute Gasteiger partial charge is 0.258 e. The molecule has 0 aliphatic carbocycles. The summed E-state index contributed by atoms with van der Waals surface area (Å²) in [6.45, 7) is 4.30. The first kappa shape index (κ1) is 25.3. The molecule has 4 aromatic carbocycles. The SMILES string of the molecule is CC1CCN(c2ccccc2N(C)C(=O)c2ccc(NC(=O)c3ccccc3-c3ccccc3)cc2)CC1. The molecule has 1 N–H and O–H groups in total. The first-order valence-corrected chi connectivity index (χ1v) is 13.2. The van der Waals surface area contributed by atoms with Crippen molar-refractivity contribution < 1.29 is 9.59 Å². The fourth-order valence-electron chi connectivity index (χ4n) is 5.01. The van der Waals surface area contributed by atoms with E-state index in [1.807, 2.05) is 79.8 Å². The van der Waals surface area contributed by atoms with Gasteiger partial charge in [-0.1, -0.05) is 67.6 Å². The number of piperidine rings is 1. The van der Waals surface area contributed by atoms with Gasteiger partial charge >= 0.3 is 0 Å². The number of nitrogens with zero attached hydrogens (tertiary/aromatic N) is 2. The lowest BCUT2D eigenvalue weighted by molar-refractivity contribution is 0.0991. The first-order valence-electron chi connectivity index (χ1n) is 13.2.